The van der Waals surface area contributed by atoms with Crippen molar-refractivity contribution in [2.45, 2.75) is 25.8 Å². The van der Waals surface area contributed by atoms with Gasteiger partial charge in [-0.3, -0.25) is 4.90 Å². The molecule has 0 unspecified atom stereocenters. The molecule has 0 radical (unpaired) electrons. The highest BCUT2D eigenvalue weighted by atomic mass is 35.5. The van der Waals surface area contributed by atoms with Crippen LogP contribution >= 0.6 is 11.6 Å². The summed E-state index contributed by atoms with van der Waals surface area (Å²) in [5.74, 6) is 1.37. The lowest BCUT2D eigenvalue weighted by Crippen LogP contribution is -2.36. The molecule has 0 atom stereocenters. The van der Waals surface area contributed by atoms with Gasteiger partial charge in [0.05, 0.1) is 18.1 Å². The molecule has 0 saturated carbocycles. The second kappa shape index (κ2) is 4.24. The Hall–Kier alpha value is -0.670. The highest BCUT2D eigenvalue weighted by Crippen LogP contribution is 2.11. The number of hydrogen-bond acceptors (Lipinski definition) is 3. The molecular formula is C10H14ClN3. The predicted octanol–water partition coefficient (Wildman–Crippen LogP) is 1.73. The number of halogens is 1. The van der Waals surface area contributed by atoms with Gasteiger partial charge in [0, 0.05) is 5.69 Å². The van der Waals surface area contributed by atoms with E-state index in [1.165, 1.54) is 19.5 Å². The monoisotopic (exact) mass is 211 g/mol. The van der Waals surface area contributed by atoms with Crippen molar-refractivity contribution in [2.75, 3.05) is 13.1 Å². The third kappa shape index (κ3) is 2.22. The van der Waals surface area contributed by atoms with Crippen molar-refractivity contribution in [3.8, 4) is 0 Å². The molecule has 1 aliphatic heterocycles. The number of nitrogens with zero attached hydrogens (tertiary/aromatic N) is 3. The van der Waals surface area contributed by atoms with E-state index < -0.39 is 0 Å². The Balaban J connectivity index is 2.11. The normalized spacial score (nSPS) is 16.7. The van der Waals surface area contributed by atoms with Gasteiger partial charge in [0.25, 0.3) is 0 Å². The molecule has 3 nitrogen and oxygen atoms in total. The number of hydrogen-bond donors (Lipinski definition) is 0. The highest BCUT2D eigenvalue weighted by Gasteiger charge is 2.15. The van der Waals surface area contributed by atoms with Gasteiger partial charge in [-0.15, -0.1) is 11.6 Å². The second-order valence-electron chi connectivity index (χ2n) is 3.68. The lowest BCUT2D eigenvalue weighted by atomic mass is 10.2. The first-order valence-corrected chi connectivity index (χ1v) is 5.43. The zero-order valence-electron chi connectivity index (χ0n) is 8.33. The Bertz CT molecular complexity index is 323. The van der Waals surface area contributed by atoms with Gasteiger partial charge in [0.2, 0.25) is 0 Å². The van der Waals surface area contributed by atoms with Crippen LogP contribution in [0.4, 0.5) is 0 Å². The molecule has 2 heterocycles. The summed E-state index contributed by atoms with van der Waals surface area (Å²) < 4.78 is 0. The number of aryl methyl sites for hydroxylation is 1. The maximum absolute atomic E-state index is 5.75. The zero-order valence-corrected chi connectivity index (χ0v) is 9.09. The fourth-order valence-electron chi connectivity index (χ4n) is 1.58. The van der Waals surface area contributed by atoms with Gasteiger partial charge in [-0.1, -0.05) is 0 Å². The first kappa shape index (κ1) is 9.87. The summed E-state index contributed by atoms with van der Waals surface area (Å²) in [5, 5.41) is 0. The molecule has 0 spiro atoms. The van der Waals surface area contributed by atoms with Crippen molar-refractivity contribution in [3.63, 3.8) is 0 Å². The average Bonchev–Trinajstić information content (AvgIpc) is 2.10. The summed E-state index contributed by atoms with van der Waals surface area (Å²) in [5.41, 5.74) is 1.93. The van der Waals surface area contributed by atoms with Crippen molar-refractivity contribution in [1.29, 1.82) is 0 Å². The molecule has 4 heteroatoms. The lowest BCUT2D eigenvalue weighted by Gasteiger charge is -2.29. The smallest absolute Gasteiger partial charge is 0.142 e. The standard InChI is InChI=1S/C10H14ClN3/c1-8-5-9(6-11)13-10(12-8)7-14-3-2-4-14/h5H,2-4,6-7H2,1H3. The molecule has 0 aromatic carbocycles. The van der Waals surface area contributed by atoms with Crippen LogP contribution in [0.2, 0.25) is 0 Å². The van der Waals surface area contributed by atoms with Gasteiger partial charge in [-0.05, 0) is 32.5 Å². The fraction of sp³-hybridized carbons (Fsp3) is 0.600. The summed E-state index contributed by atoms with van der Waals surface area (Å²) in [6.45, 7) is 5.20. The lowest BCUT2D eigenvalue weighted by molar-refractivity contribution is 0.168. The van der Waals surface area contributed by atoms with Crippen molar-refractivity contribution in [3.05, 3.63) is 23.3 Å². The average molecular weight is 212 g/mol. The van der Waals surface area contributed by atoms with E-state index in [2.05, 4.69) is 14.9 Å². The third-order valence-corrected chi connectivity index (χ3v) is 2.68. The number of aromatic nitrogens is 2. The van der Waals surface area contributed by atoms with Crippen molar-refractivity contribution >= 4 is 11.6 Å². The Morgan fingerprint density at radius 3 is 2.79 bits per heavy atom. The van der Waals surface area contributed by atoms with Crippen LogP contribution in [0.1, 0.15) is 23.6 Å². The summed E-state index contributed by atoms with van der Waals surface area (Å²) >= 11 is 5.75. The molecule has 2 rings (SSSR count). The van der Waals surface area contributed by atoms with E-state index in [-0.39, 0.29) is 0 Å². The van der Waals surface area contributed by atoms with Crippen molar-refractivity contribution in [2.24, 2.45) is 0 Å². The van der Waals surface area contributed by atoms with E-state index in [1.807, 2.05) is 13.0 Å². The maximum Gasteiger partial charge on any atom is 0.142 e. The maximum atomic E-state index is 5.75. The number of likely N-dealkylation sites (tertiary alicyclic amines) is 1. The molecule has 1 saturated heterocycles. The predicted molar refractivity (Wildman–Crippen MR) is 56.2 cm³/mol. The largest absolute Gasteiger partial charge is 0.296 e. The van der Waals surface area contributed by atoms with Crippen LogP contribution in [0, 0.1) is 6.92 Å². The first-order valence-electron chi connectivity index (χ1n) is 4.89. The molecule has 0 aliphatic carbocycles. The SMILES string of the molecule is Cc1cc(CCl)nc(CN2CCC2)n1. The first-order chi connectivity index (χ1) is 6.78. The van der Waals surface area contributed by atoms with Gasteiger partial charge in [-0.25, -0.2) is 9.97 Å². The Kier molecular flexibility index (Phi) is 2.99. The summed E-state index contributed by atoms with van der Waals surface area (Å²) in [6.07, 6.45) is 1.30. The Morgan fingerprint density at radius 1 is 1.43 bits per heavy atom. The molecule has 1 aromatic heterocycles. The second-order valence-corrected chi connectivity index (χ2v) is 3.95. The molecule has 0 amide bonds. The summed E-state index contributed by atoms with van der Waals surface area (Å²) in [7, 11) is 0. The fourth-order valence-corrected chi connectivity index (χ4v) is 1.72. The van der Waals surface area contributed by atoms with Crippen LogP contribution in [-0.2, 0) is 12.4 Å². The van der Waals surface area contributed by atoms with Crippen molar-refractivity contribution in [1.82, 2.24) is 14.9 Å². The summed E-state index contributed by atoms with van der Waals surface area (Å²) in [4.78, 5) is 11.1. The number of alkyl halides is 1. The third-order valence-electron chi connectivity index (χ3n) is 2.40. The van der Waals surface area contributed by atoms with Crippen LogP contribution in [0.5, 0.6) is 0 Å². The van der Waals surface area contributed by atoms with E-state index in [4.69, 9.17) is 11.6 Å². The van der Waals surface area contributed by atoms with Crippen LogP contribution in [0.15, 0.2) is 6.07 Å². The molecule has 0 N–H and O–H groups in total. The van der Waals surface area contributed by atoms with Gasteiger partial charge < -0.3 is 0 Å². The molecular weight excluding hydrogens is 198 g/mol. The molecule has 14 heavy (non-hydrogen) atoms. The Morgan fingerprint density at radius 2 is 2.21 bits per heavy atom. The number of rotatable bonds is 3. The van der Waals surface area contributed by atoms with Gasteiger partial charge >= 0.3 is 0 Å². The van der Waals surface area contributed by atoms with E-state index >= 15 is 0 Å². The molecule has 1 aromatic rings. The molecule has 1 fully saturated rings. The Labute approximate surface area is 89.1 Å². The van der Waals surface area contributed by atoms with E-state index in [1.54, 1.807) is 0 Å². The molecule has 1 aliphatic rings. The zero-order chi connectivity index (χ0) is 9.97. The van der Waals surface area contributed by atoms with Crippen LogP contribution in [0.25, 0.3) is 0 Å². The van der Waals surface area contributed by atoms with Gasteiger partial charge in [-0.2, -0.15) is 0 Å². The minimum Gasteiger partial charge on any atom is -0.296 e. The van der Waals surface area contributed by atoms with E-state index in [9.17, 15) is 0 Å². The quantitative estimate of drug-likeness (QED) is 0.714. The minimum atomic E-state index is 0.469. The minimum absolute atomic E-state index is 0.469. The van der Waals surface area contributed by atoms with Gasteiger partial charge in [0.15, 0.2) is 0 Å². The van der Waals surface area contributed by atoms with Gasteiger partial charge in [0.1, 0.15) is 5.82 Å². The highest BCUT2D eigenvalue weighted by molar-refractivity contribution is 6.16. The van der Waals surface area contributed by atoms with Crippen LogP contribution in [0.3, 0.4) is 0 Å². The van der Waals surface area contributed by atoms with Crippen LogP contribution < -0.4 is 0 Å². The van der Waals surface area contributed by atoms with Crippen molar-refractivity contribution < 1.29 is 0 Å². The topological polar surface area (TPSA) is 29.0 Å². The van der Waals surface area contributed by atoms with E-state index in [0.29, 0.717) is 5.88 Å². The van der Waals surface area contributed by atoms with Crippen LogP contribution in [-0.4, -0.2) is 28.0 Å². The molecule has 76 valence electrons. The summed E-state index contributed by atoms with van der Waals surface area (Å²) in [6, 6.07) is 1.94. The molecule has 0 bridgehead atoms. The van der Waals surface area contributed by atoms with E-state index in [0.717, 1.165) is 23.8 Å².